The smallest absolute Gasteiger partial charge is 0.329 e. The fourth-order valence-corrected chi connectivity index (χ4v) is 1.38. The molecule has 0 aromatic heterocycles. The van der Waals surface area contributed by atoms with E-state index in [1.165, 1.54) is 14.0 Å². The number of ether oxygens (including phenoxy) is 1. The van der Waals surface area contributed by atoms with Crippen LogP contribution in [0.4, 0.5) is 0 Å². The summed E-state index contributed by atoms with van der Waals surface area (Å²) in [5.41, 5.74) is 0. The van der Waals surface area contributed by atoms with Gasteiger partial charge in [-0.2, -0.15) is 0 Å². The Balaban J connectivity index is 3.99. The Morgan fingerprint density at radius 2 is 2.00 bits per heavy atom. The average molecular weight is 246 g/mol. The van der Waals surface area contributed by atoms with Crippen LogP contribution < -0.4 is 10.6 Å². The van der Waals surface area contributed by atoms with Gasteiger partial charge in [0.05, 0.1) is 7.11 Å². The van der Waals surface area contributed by atoms with Crippen molar-refractivity contribution in [3.8, 4) is 0 Å². The quantitative estimate of drug-likeness (QED) is 0.492. The van der Waals surface area contributed by atoms with Crippen molar-refractivity contribution in [2.75, 3.05) is 26.8 Å². The van der Waals surface area contributed by atoms with Crippen molar-refractivity contribution < 1.29 is 19.4 Å². The van der Waals surface area contributed by atoms with Crippen LogP contribution in [-0.2, 0) is 14.3 Å². The van der Waals surface area contributed by atoms with Gasteiger partial charge in [0, 0.05) is 20.1 Å². The molecule has 0 aromatic rings. The van der Waals surface area contributed by atoms with Crippen molar-refractivity contribution in [1.29, 1.82) is 0 Å². The minimum atomic E-state index is -0.668. The molecule has 1 amide bonds. The minimum Gasteiger partial charge on any atom is -0.467 e. The number of rotatable bonds is 8. The maximum absolute atomic E-state index is 11.3. The van der Waals surface area contributed by atoms with Crippen molar-refractivity contribution in [2.24, 2.45) is 5.92 Å². The molecule has 0 bridgehead atoms. The fraction of sp³-hybridized carbons (Fsp3) is 0.818. The van der Waals surface area contributed by atoms with Gasteiger partial charge in [0.1, 0.15) is 6.04 Å². The zero-order valence-electron chi connectivity index (χ0n) is 10.7. The number of carbonyl (C=O) groups excluding carboxylic acids is 2. The third kappa shape index (κ3) is 7.70. The maximum Gasteiger partial charge on any atom is 0.329 e. The molecule has 0 aliphatic rings. The molecule has 0 heterocycles. The molecule has 0 saturated heterocycles. The number of methoxy groups -OCH3 is 1. The second kappa shape index (κ2) is 8.95. The molecule has 0 fully saturated rings. The van der Waals surface area contributed by atoms with Crippen molar-refractivity contribution in [1.82, 2.24) is 10.6 Å². The Hall–Kier alpha value is -1.14. The SMILES string of the molecule is COC(=O)C(CNCC(C)CCO)NC(C)=O. The summed E-state index contributed by atoms with van der Waals surface area (Å²) in [5.74, 6) is -0.427. The molecule has 100 valence electrons. The van der Waals surface area contributed by atoms with Crippen molar-refractivity contribution in [3.63, 3.8) is 0 Å². The molecule has 0 saturated carbocycles. The third-order valence-corrected chi connectivity index (χ3v) is 2.33. The van der Waals surface area contributed by atoms with Gasteiger partial charge in [0.2, 0.25) is 5.91 Å². The molecule has 0 aromatic carbocycles. The van der Waals surface area contributed by atoms with E-state index in [2.05, 4.69) is 15.4 Å². The second-order valence-corrected chi connectivity index (χ2v) is 4.05. The van der Waals surface area contributed by atoms with E-state index in [1.54, 1.807) is 0 Å². The maximum atomic E-state index is 11.3. The van der Waals surface area contributed by atoms with E-state index in [-0.39, 0.29) is 12.5 Å². The standard InChI is InChI=1S/C11H22N2O4/c1-8(4-5-14)6-12-7-10(11(16)17-3)13-9(2)15/h8,10,12,14H,4-7H2,1-3H3,(H,13,15). The molecule has 0 rings (SSSR count). The zero-order valence-corrected chi connectivity index (χ0v) is 10.7. The van der Waals surface area contributed by atoms with Gasteiger partial charge < -0.3 is 20.5 Å². The predicted molar refractivity (Wildman–Crippen MR) is 63.4 cm³/mol. The highest BCUT2D eigenvalue weighted by atomic mass is 16.5. The van der Waals surface area contributed by atoms with E-state index < -0.39 is 12.0 Å². The molecule has 2 atom stereocenters. The number of amides is 1. The lowest BCUT2D eigenvalue weighted by Crippen LogP contribution is -2.47. The van der Waals surface area contributed by atoms with E-state index >= 15 is 0 Å². The highest BCUT2D eigenvalue weighted by Gasteiger charge is 2.19. The normalized spacial score (nSPS) is 13.9. The Morgan fingerprint density at radius 3 is 2.47 bits per heavy atom. The van der Waals surface area contributed by atoms with Crippen LogP contribution in [0.3, 0.4) is 0 Å². The summed E-state index contributed by atoms with van der Waals surface area (Å²) < 4.78 is 4.58. The monoisotopic (exact) mass is 246 g/mol. The van der Waals surface area contributed by atoms with Crippen molar-refractivity contribution in [3.05, 3.63) is 0 Å². The van der Waals surface area contributed by atoms with E-state index in [4.69, 9.17) is 5.11 Å². The van der Waals surface area contributed by atoms with Crippen LogP contribution in [0.25, 0.3) is 0 Å². The number of hydrogen-bond donors (Lipinski definition) is 3. The van der Waals surface area contributed by atoms with Gasteiger partial charge in [-0.05, 0) is 18.9 Å². The molecule has 0 spiro atoms. The molecular weight excluding hydrogens is 224 g/mol. The van der Waals surface area contributed by atoms with Gasteiger partial charge in [0.15, 0.2) is 0 Å². The highest BCUT2D eigenvalue weighted by Crippen LogP contribution is 1.98. The largest absolute Gasteiger partial charge is 0.467 e. The number of nitrogens with one attached hydrogen (secondary N) is 2. The zero-order chi connectivity index (χ0) is 13.3. The van der Waals surface area contributed by atoms with Crippen LogP contribution in [0.15, 0.2) is 0 Å². The average Bonchev–Trinajstić information content (AvgIpc) is 2.26. The lowest BCUT2D eigenvalue weighted by Gasteiger charge is -2.17. The molecule has 0 radical (unpaired) electrons. The van der Waals surface area contributed by atoms with Gasteiger partial charge in [-0.25, -0.2) is 4.79 Å². The summed E-state index contributed by atoms with van der Waals surface area (Å²) >= 11 is 0. The van der Waals surface area contributed by atoms with Gasteiger partial charge in [-0.15, -0.1) is 0 Å². The van der Waals surface area contributed by atoms with Gasteiger partial charge >= 0.3 is 5.97 Å². The molecule has 0 aliphatic heterocycles. The summed E-state index contributed by atoms with van der Waals surface area (Å²) in [5, 5.41) is 14.3. The molecule has 17 heavy (non-hydrogen) atoms. The summed E-state index contributed by atoms with van der Waals surface area (Å²) in [6.07, 6.45) is 0.704. The number of carbonyl (C=O) groups is 2. The lowest BCUT2D eigenvalue weighted by atomic mass is 10.1. The number of hydrogen-bond acceptors (Lipinski definition) is 5. The first-order valence-corrected chi connectivity index (χ1v) is 5.67. The summed E-state index contributed by atoms with van der Waals surface area (Å²) in [7, 11) is 1.28. The van der Waals surface area contributed by atoms with Crippen LogP contribution in [0.1, 0.15) is 20.3 Å². The van der Waals surface area contributed by atoms with Gasteiger partial charge in [0.25, 0.3) is 0 Å². The molecule has 2 unspecified atom stereocenters. The molecule has 6 heteroatoms. The predicted octanol–water partition coefficient (Wildman–Crippen LogP) is -0.728. The topological polar surface area (TPSA) is 87.7 Å². The Morgan fingerprint density at radius 1 is 1.35 bits per heavy atom. The summed E-state index contributed by atoms with van der Waals surface area (Å²) in [6, 6.07) is -0.668. The van der Waals surface area contributed by atoms with E-state index in [0.717, 1.165) is 0 Å². The van der Waals surface area contributed by atoms with Crippen molar-refractivity contribution in [2.45, 2.75) is 26.3 Å². The third-order valence-electron chi connectivity index (χ3n) is 2.33. The lowest BCUT2D eigenvalue weighted by molar-refractivity contribution is -0.144. The first-order valence-electron chi connectivity index (χ1n) is 5.67. The fourth-order valence-electron chi connectivity index (χ4n) is 1.38. The summed E-state index contributed by atoms with van der Waals surface area (Å²) in [4.78, 5) is 22.2. The van der Waals surface area contributed by atoms with E-state index in [9.17, 15) is 9.59 Å². The Bertz CT molecular complexity index is 246. The van der Waals surface area contributed by atoms with Crippen molar-refractivity contribution >= 4 is 11.9 Å². The van der Waals surface area contributed by atoms with Gasteiger partial charge in [-0.1, -0.05) is 6.92 Å². The first-order chi connectivity index (χ1) is 8.01. The molecule has 6 nitrogen and oxygen atoms in total. The highest BCUT2D eigenvalue weighted by molar-refractivity contribution is 5.83. The minimum absolute atomic E-state index is 0.148. The molecule has 3 N–H and O–H groups in total. The number of esters is 1. The van der Waals surface area contributed by atoms with E-state index in [1.807, 2.05) is 6.92 Å². The Labute approximate surface area is 102 Å². The molecular formula is C11H22N2O4. The first kappa shape index (κ1) is 15.9. The Kier molecular flexibility index (Phi) is 8.35. The van der Waals surface area contributed by atoms with Gasteiger partial charge in [-0.3, -0.25) is 4.79 Å². The second-order valence-electron chi connectivity index (χ2n) is 4.05. The number of aliphatic hydroxyl groups is 1. The van der Waals surface area contributed by atoms with Crippen LogP contribution in [-0.4, -0.2) is 49.8 Å². The van der Waals surface area contributed by atoms with E-state index in [0.29, 0.717) is 25.4 Å². The molecule has 0 aliphatic carbocycles. The van der Waals surface area contributed by atoms with Crippen LogP contribution in [0, 0.1) is 5.92 Å². The van der Waals surface area contributed by atoms with Crippen LogP contribution in [0.2, 0.25) is 0 Å². The summed E-state index contributed by atoms with van der Waals surface area (Å²) in [6.45, 7) is 4.49. The van der Waals surface area contributed by atoms with Crippen LogP contribution >= 0.6 is 0 Å². The number of aliphatic hydroxyl groups excluding tert-OH is 1. The van der Waals surface area contributed by atoms with Crippen LogP contribution in [0.5, 0.6) is 0 Å².